The third-order valence-corrected chi connectivity index (χ3v) is 3.94. The number of amides is 1. The van der Waals surface area contributed by atoms with Gasteiger partial charge in [-0.1, -0.05) is 6.07 Å². The lowest BCUT2D eigenvalue weighted by Gasteiger charge is -2.20. The van der Waals surface area contributed by atoms with Crippen LogP contribution in [0.15, 0.2) is 29.2 Å². The van der Waals surface area contributed by atoms with Gasteiger partial charge in [0.2, 0.25) is 15.9 Å². The van der Waals surface area contributed by atoms with Gasteiger partial charge in [0, 0.05) is 12.2 Å². The van der Waals surface area contributed by atoms with E-state index in [1.54, 1.807) is 26.0 Å². The maximum atomic E-state index is 11.9. The van der Waals surface area contributed by atoms with E-state index in [1.807, 2.05) is 0 Å². The first-order valence-corrected chi connectivity index (χ1v) is 6.78. The molecular formula is C11H17N3O3S. The van der Waals surface area contributed by atoms with Gasteiger partial charge >= 0.3 is 0 Å². The van der Waals surface area contributed by atoms with Gasteiger partial charge in [0.05, 0.1) is 10.3 Å². The van der Waals surface area contributed by atoms with E-state index >= 15 is 0 Å². The molecule has 0 fully saturated rings. The Morgan fingerprint density at radius 2 is 2.00 bits per heavy atom. The van der Waals surface area contributed by atoms with Crippen LogP contribution in [0.3, 0.4) is 0 Å². The molecule has 0 aromatic heterocycles. The van der Waals surface area contributed by atoms with E-state index in [0.717, 1.165) is 0 Å². The molecule has 0 heterocycles. The number of nitrogen functional groups attached to an aromatic ring is 1. The van der Waals surface area contributed by atoms with Crippen molar-refractivity contribution in [2.75, 3.05) is 12.3 Å². The van der Waals surface area contributed by atoms with Crippen molar-refractivity contribution in [2.24, 2.45) is 11.1 Å². The van der Waals surface area contributed by atoms with Gasteiger partial charge < -0.3 is 11.5 Å². The van der Waals surface area contributed by atoms with Gasteiger partial charge in [0.25, 0.3) is 0 Å². The van der Waals surface area contributed by atoms with E-state index in [9.17, 15) is 13.2 Å². The molecule has 0 spiro atoms. The molecule has 0 atom stereocenters. The first kappa shape index (κ1) is 14.5. The van der Waals surface area contributed by atoms with E-state index < -0.39 is 21.3 Å². The Morgan fingerprint density at radius 3 is 2.50 bits per heavy atom. The molecule has 6 nitrogen and oxygen atoms in total. The third-order valence-electron chi connectivity index (χ3n) is 2.54. The second-order valence-corrected chi connectivity index (χ2v) is 6.41. The van der Waals surface area contributed by atoms with E-state index in [1.165, 1.54) is 12.1 Å². The van der Waals surface area contributed by atoms with Gasteiger partial charge in [-0.05, 0) is 32.0 Å². The van der Waals surface area contributed by atoms with E-state index in [2.05, 4.69) is 4.72 Å². The summed E-state index contributed by atoms with van der Waals surface area (Å²) in [5.41, 5.74) is 10.1. The van der Waals surface area contributed by atoms with Gasteiger partial charge in [0.15, 0.2) is 0 Å². The quantitative estimate of drug-likeness (QED) is 0.657. The van der Waals surface area contributed by atoms with Crippen LogP contribution < -0.4 is 16.2 Å². The van der Waals surface area contributed by atoms with Crippen LogP contribution >= 0.6 is 0 Å². The van der Waals surface area contributed by atoms with Crippen LogP contribution in [0.4, 0.5) is 5.69 Å². The number of hydrogen-bond acceptors (Lipinski definition) is 4. The minimum absolute atomic E-state index is 0.0581. The summed E-state index contributed by atoms with van der Waals surface area (Å²) in [5, 5.41) is 0. The summed E-state index contributed by atoms with van der Waals surface area (Å²) in [7, 11) is -3.69. The average molecular weight is 271 g/mol. The Balaban J connectivity index is 2.87. The average Bonchev–Trinajstić information content (AvgIpc) is 2.26. The number of carbonyl (C=O) groups excluding carboxylic acids is 1. The molecular weight excluding hydrogens is 254 g/mol. The molecule has 0 aliphatic heterocycles. The molecule has 1 aromatic carbocycles. The fourth-order valence-electron chi connectivity index (χ4n) is 1.13. The Bertz CT molecular complexity index is 552. The maximum absolute atomic E-state index is 11.9. The molecule has 18 heavy (non-hydrogen) atoms. The van der Waals surface area contributed by atoms with Crippen LogP contribution in [0, 0.1) is 5.41 Å². The lowest BCUT2D eigenvalue weighted by Crippen LogP contribution is -2.42. The zero-order valence-electron chi connectivity index (χ0n) is 10.3. The van der Waals surface area contributed by atoms with Gasteiger partial charge in [-0.15, -0.1) is 0 Å². The predicted molar refractivity (Wildman–Crippen MR) is 69.0 cm³/mol. The maximum Gasteiger partial charge on any atom is 0.240 e. The van der Waals surface area contributed by atoms with E-state index in [4.69, 9.17) is 11.5 Å². The molecule has 100 valence electrons. The number of primary amides is 1. The Labute approximate surface area is 106 Å². The zero-order valence-corrected chi connectivity index (χ0v) is 11.1. The minimum atomic E-state index is -3.69. The summed E-state index contributed by atoms with van der Waals surface area (Å²) in [6.07, 6.45) is 0. The largest absolute Gasteiger partial charge is 0.399 e. The lowest BCUT2D eigenvalue weighted by molar-refractivity contribution is -0.125. The first-order valence-electron chi connectivity index (χ1n) is 5.30. The van der Waals surface area contributed by atoms with Crippen molar-refractivity contribution >= 4 is 21.6 Å². The fourth-order valence-corrected chi connectivity index (χ4v) is 2.39. The second-order valence-electron chi connectivity index (χ2n) is 4.65. The number of sulfonamides is 1. The molecule has 5 N–H and O–H groups in total. The number of rotatable bonds is 5. The molecule has 1 amide bonds. The fraction of sp³-hybridized carbons (Fsp3) is 0.364. The number of nitrogens with two attached hydrogens (primary N) is 2. The van der Waals surface area contributed by atoms with Gasteiger partial charge in [-0.3, -0.25) is 4.79 Å². The molecule has 0 bridgehead atoms. The standard InChI is InChI=1S/C11H17N3O3S/c1-11(2,10(13)15)7-14-18(16,17)9-5-3-4-8(12)6-9/h3-6,14H,7,12H2,1-2H3,(H2,13,15). The van der Waals surface area contributed by atoms with Crippen molar-refractivity contribution in [2.45, 2.75) is 18.7 Å². The normalized spacial score (nSPS) is 12.3. The van der Waals surface area contributed by atoms with E-state index in [-0.39, 0.29) is 11.4 Å². The Kier molecular flexibility index (Phi) is 3.98. The second kappa shape index (κ2) is 4.95. The van der Waals surface area contributed by atoms with Crippen molar-refractivity contribution in [3.63, 3.8) is 0 Å². The number of benzene rings is 1. The van der Waals surface area contributed by atoms with Crippen molar-refractivity contribution in [1.82, 2.24) is 4.72 Å². The van der Waals surface area contributed by atoms with Crippen LogP contribution in [0.5, 0.6) is 0 Å². The van der Waals surface area contributed by atoms with Crippen LogP contribution in [0.1, 0.15) is 13.8 Å². The van der Waals surface area contributed by atoms with Gasteiger partial charge in [-0.2, -0.15) is 0 Å². The number of hydrogen-bond donors (Lipinski definition) is 3. The van der Waals surface area contributed by atoms with Crippen LogP contribution in [-0.4, -0.2) is 20.9 Å². The zero-order chi connectivity index (χ0) is 14.0. The van der Waals surface area contributed by atoms with Gasteiger partial charge in [0.1, 0.15) is 0 Å². The summed E-state index contributed by atoms with van der Waals surface area (Å²) >= 11 is 0. The molecule has 7 heteroatoms. The summed E-state index contributed by atoms with van der Waals surface area (Å²) in [6, 6.07) is 5.91. The summed E-state index contributed by atoms with van der Waals surface area (Å²) in [5.74, 6) is -0.572. The van der Waals surface area contributed by atoms with Gasteiger partial charge in [-0.25, -0.2) is 13.1 Å². The topological polar surface area (TPSA) is 115 Å². The molecule has 0 saturated carbocycles. The number of nitrogens with one attached hydrogen (secondary N) is 1. The monoisotopic (exact) mass is 271 g/mol. The molecule has 0 aliphatic carbocycles. The van der Waals surface area contributed by atoms with Crippen LogP contribution in [0.2, 0.25) is 0 Å². The highest BCUT2D eigenvalue weighted by atomic mass is 32.2. The highest BCUT2D eigenvalue weighted by Gasteiger charge is 2.27. The molecule has 0 aliphatic rings. The smallest absolute Gasteiger partial charge is 0.240 e. The number of anilines is 1. The summed E-state index contributed by atoms with van der Waals surface area (Å²) in [6.45, 7) is 3.06. The lowest BCUT2D eigenvalue weighted by atomic mass is 9.93. The van der Waals surface area contributed by atoms with Crippen molar-refractivity contribution in [1.29, 1.82) is 0 Å². The molecule has 1 rings (SSSR count). The molecule has 0 unspecified atom stereocenters. The molecule has 0 radical (unpaired) electrons. The SMILES string of the molecule is CC(C)(CNS(=O)(=O)c1cccc(N)c1)C(N)=O. The van der Waals surface area contributed by atoms with Crippen LogP contribution in [-0.2, 0) is 14.8 Å². The molecule has 0 saturated heterocycles. The van der Waals surface area contributed by atoms with Crippen LogP contribution in [0.25, 0.3) is 0 Å². The Hall–Kier alpha value is -1.60. The summed E-state index contributed by atoms with van der Waals surface area (Å²) in [4.78, 5) is 11.2. The third kappa shape index (κ3) is 3.44. The van der Waals surface area contributed by atoms with Crippen molar-refractivity contribution in [3.05, 3.63) is 24.3 Å². The van der Waals surface area contributed by atoms with Crippen molar-refractivity contribution < 1.29 is 13.2 Å². The van der Waals surface area contributed by atoms with E-state index in [0.29, 0.717) is 5.69 Å². The first-order chi connectivity index (χ1) is 8.15. The highest BCUT2D eigenvalue weighted by Crippen LogP contribution is 2.16. The van der Waals surface area contributed by atoms with Crippen molar-refractivity contribution in [3.8, 4) is 0 Å². The summed E-state index contributed by atoms with van der Waals surface area (Å²) < 4.78 is 26.2. The molecule has 1 aromatic rings. The minimum Gasteiger partial charge on any atom is -0.399 e. The predicted octanol–water partition coefficient (Wildman–Crippen LogP) is 0.0586. The highest BCUT2D eigenvalue weighted by molar-refractivity contribution is 7.89. The number of carbonyl (C=O) groups is 1. The Morgan fingerprint density at radius 1 is 1.39 bits per heavy atom.